The second-order valence-electron chi connectivity index (χ2n) is 12.2. The molecule has 5 heteroatoms. The van der Waals surface area contributed by atoms with E-state index in [4.69, 9.17) is 4.74 Å². The molecule has 0 aliphatic carbocycles. The van der Waals surface area contributed by atoms with E-state index >= 15 is 0 Å². The summed E-state index contributed by atoms with van der Waals surface area (Å²) in [6.45, 7) is 20.4. The number of amides is 1. The third-order valence-electron chi connectivity index (χ3n) is 8.07. The molecule has 1 atom stereocenters. The molecule has 4 nitrogen and oxygen atoms in total. The quantitative estimate of drug-likeness (QED) is 0.229. The van der Waals surface area contributed by atoms with Gasteiger partial charge in [-0.05, 0) is 0 Å². The van der Waals surface area contributed by atoms with Crippen molar-refractivity contribution >= 4 is 24.5 Å². The van der Waals surface area contributed by atoms with Crippen LogP contribution in [0.15, 0.2) is 30.3 Å². The summed E-state index contributed by atoms with van der Waals surface area (Å²) in [5.41, 5.74) is 0.842. The Balaban J connectivity index is 2.51. The summed E-state index contributed by atoms with van der Waals surface area (Å²) < 4.78 is 10.6. The Morgan fingerprint density at radius 2 is 1.40 bits per heavy atom. The van der Waals surface area contributed by atoms with Gasteiger partial charge in [-0.2, -0.15) is 0 Å². The summed E-state index contributed by atoms with van der Waals surface area (Å²) in [5, 5.41) is 0. The third kappa shape index (κ3) is 8.38. The summed E-state index contributed by atoms with van der Waals surface area (Å²) >= 11 is -2.78. The van der Waals surface area contributed by atoms with Crippen molar-refractivity contribution in [1.82, 2.24) is 9.80 Å². The summed E-state index contributed by atoms with van der Waals surface area (Å²) in [6.07, 6.45) is 7.59. The van der Waals surface area contributed by atoms with E-state index in [9.17, 15) is 4.79 Å². The fourth-order valence-corrected chi connectivity index (χ4v) is 24.2. The van der Waals surface area contributed by atoms with Gasteiger partial charge in [0.15, 0.2) is 0 Å². The van der Waals surface area contributed by atoms with Gasteiger partial charge in [0.1, 0.15) is 0 Å². The minimum atomic E-state index is -2.78. The third-order valence-corrected chi connectivity index (χ3v) is 25.1. The molecule has 0 N–H and O–H groups in total. The molecule has 2 rings (SSSR count). The van der Waals surface area contributed by atoms with Crippen LogP contribution < -0.4 is 0 Å². The van der Waals surface area contributed by atoms with Gasteiger partial charge in [-0.25, -0.2) is 0 Å². The number of carbonyl (C=O) groups excluding carboxylic acids is 1. The van der Waals surface area contributed by atoms with Crippen LogP contribution in [0.25, 0.3) is 0 Å². The number of nitrogens with zero attached hydrogens (tertiary/aromatic N) is 2. The molecule has 0 aromatic heterocycles. The summed E-state index contributed by atoms with van der Waals surface area (Å²) in [5.74, 6) is 0. The van der Waals surface area contributed by atoms with Crippen LogP contribution in [0.2, 0.25) is 13.3 Å². The summed E-state index contributed by atoms with van der Waals surface area (Å²) in [4.78, 5) is 18.5. The van der Waals surface area contributed by atoms with Gasteiger partial charge in [0.05, 0.1) is 0 Å². The zero-order valence-electron chi connectivity index (χ0n) is 24.2. The molecule has 1 saturated heterocycles. The van der Waals surface area contributed by atoms with Crippen molar-refractivity contribution in [2.24, 2.45) is 0 Å². The fourth-order valence-electron chi connectivity index (χ4n) is 5.84. The van der Waals surface area contributed by atoms with Crippen LogP contribution in [0.1, 0.15) is 99.5 Å². The number of hydrogen-bond acceptors (Lipinski definition) is 3. The molecule has 1 aromatic rings. The zero-order chi connectivity index (χ0) is 26.1. The molecule has 1 aliphatic rings. The van der Waals surface area contributed by atoms with Crippen molar-refractivity contribution in [2.45, 2.75) is 122 Å². The van der Waals surface area contributed by atoms with Gasteiger partial charge < -0.3 is 0 Å². The Hall–Kier alpha value is -0.751. The van der Waals surface area contributed by atoms with Crippen LogP contribution >= 0.6 is 0 Å². The van der Waals surface area contributed by atoms with Crippen LogP contribution in [0.5, 0.6) is 0 Å². The first-order valence-corrected chi connectivity index (χ1v) is 22.0. The number of unbranched alkanes of at least 4 members (excludes halogenated alkanes) is 3. The van der Waals surface area contributed by atoms with Gasteiger partial charge in [-0.3, -0.25) is 0 Å². The van der Waals surface area contributed by atoms with Crippen molar-refractivity contribution in [3.63, 3.8) is 0 Å². The number of carbonyl (C=O) groups is 1. The van der Waals surface area contributed by atoms with E-state index in [-0.39, 0.29) is 11.6 Å². The Morgan fingerprint density at radius 3 is 1.86 bits per heavy atom. The van der Waals surface area contributed by atoms with Gasteiger partial charge in [-0.1, -0.05) is 0 Å². The molecule has 0 radical (unpaired) electrons. The Bertz CT molecular complexity index is 738. The first-order chi connectivity index (χ1) is 16.5. The number of ether oxygens (including phenoxy) is 1. The van der Waals surface area contributed by atoms with Gasteiger partial charge in [-0.15, -0.1) is 0 Å². The van der Waals surface area contributed by atoms with Crippen molar-refractivity contribution in [3.8, 4) is 0 Å². The SMILES string of the molecule is CCC[CH2][Sn]([CH2]CCC)([CH2]CCC)[CH]1CN(C(C)(C)c2ccccc2)CCN1C(=O)OC(C)(C)C. The second kappa shape index (κ2) is 13.7. The maximum atomic E-state index is 13.6. The molecule has 1 heterocycles. The average Bonchev–Trinajstić information content (AvgIpc) is 2.83. The predicted octanol–water partition coefficient (Wildman–Crippen LogP) is 8.23. The molecule has 200 valence electrons. The van der Waals surface area contributed by atoms with Crippen molar-refractivity contribution in [2.75, 3.05) is 19.6 Å². The number of rotatable bonds is 12. The number of piperazine rings is 1. The van der Waals surface area contributed by atoms with Gasteiger partial charge in [0.2, 0.25) is 0 Å². The predicted molar refractivity (Wildman–Crippen MR) is 153 cm³/mol. The molecule has 0 spiro atoms. The normalized spacial score (nSPS) is 18.1. The van der Waals surface area contributed by atoms with Crippen LogP contribution in [0.3, 0.4) is 0 Å². The van der Waals surface area contributed by atoms with E-state index in [1.54, 1.807) is 0 Å². The minimum absolute atomic E-state index is 0.0581. The number of benzene rings is 1. The summed E-state index contributed by atoms with van der Waals surface area (Å²) in [7, 11) is 0. The molecular formula is C30H54N2O2Sn. The molecule has 1 aliphatic heterocycles. The van der Waals surface area contributed by atoms with Gasteiger partial charge in [0, 0.05) is 0 Å². The monoisotopic (exact) mass is 594 g/mol. The average molecular weight is 593 g/mol. The zero-order valence-corrected chi connectivity index (χ0v) is 27.0. The van der Waals surface area contributed by atoms with Crippen molar-refractivity contribution < 1.29 is 9.53 Å². The van der Waals surface area contributed by atoms with Crippen LogP contribution in [-0.2, 0) is 10.3 Å². The fraction of sp³-hybridized carbons (Fsp3) is 0.767. The molecule has 1 unspecified atom stereocenters. The second-order valence-corrected chi connectivity index (χ2v) is 26.2. The topological polar surface area (TPSA) is 32.8 Å². The van der Waals surface area contributed by atoms with Crippen LogP contribution in [0, 0.1) is 0 Å². The molecule has 1 fully saturated rings. The van der Waals surface area contributed by atoms with Gasteiger partial charge >= 0.3 is 222 Å². The molecule has 0 bridgehead atoms. The van der Waals surface area contributed by atoms with E-state index in [2.05, 4.69) is 74.8 Å². The van der Waals surface area contributed by atoms with E-state index in [1.807, 2.05) is 20.8 Å². The van der Waals surface area contributed by atoms with Crippen LogP contribution in [-0.4, -0.2) is 63.6 Å². The molecule has 1 aromatic carbocycles. The number of hydrogen-bond donors (Lipinski definition) is 0. The summed E-state index contributed by atoms with van der Waals surface area (Å²) in [6, 6.07) is 10.9. The first-order valence-electron chi connectivity index (χ1n) is 14.3. The van der Waals surface area contributed by atoms with Crippen molar-refractivity contribution in [1.29, 1.82) is 0 Å². The van der Waals surface area contributed by atoms with Gasteiger partial charge in [0.25, 0.3) is 0 Å². The molecule has 35 heavy (non-hydrogen) atoms. The molecule has 1 amide bonds. The first kappa shape index (κ1) is 30.5. The van der Waals surface area contributed by atoms with E-state index < -0.39 is 24.0 Å². The molecular weight excluding hydrogens is 539 g/mol. The Labute approximate surface area is 221 Å². The Kier molecular flexibility index (Phi) is 11.9. The standard InChI is InChI=1S/C18H27N2O2.3C4H9.Sn/c1-17(2,3)22-16(21)19-11-13-20(14-12-19)18(4,5)15-9-7-6-8-10-15;3*1-3-4-2;/h6-11H,12-14H2,1-5H3;3*1,3-4H2,2H3;. The van der Waals surface area contributed by atoms with Crippen LogP contribution in [0.4, 0.5) is 4.79 Å². The Morgan fingerprint density at radius 1 is 0.886 bits per heavy atom. The van der Waals surface area contributed by atoms with E-state index in [0.717, 1.165) is 19.6 Å². The maximum absolute atomic E-state index is 13.6. The van der Waals surface area contributed by atoms with Crippen molar-refractivity contribution in [3.05, 3.63) is 35.9 Å². The molecule has 0 saturated carbocycles. The van der Waals surface area contributed by atoms with E-state index in [1.165, 1.54) is 57.4 Å². The van der Waals surface area contributed by atoms with E-state index in [0.29, 0.717) is 4.06 Å².